The molecule has 0 aliphatic heterocycles. The quantitative estimate of drug-likeness (QED) is 0.387. The van der Waals surface area contributed by atoms with Crippen molar-refractivity contribution in [2.24, 2.45) is 5.92 Å². The highest BCUT2D eigenvalue weighted by Gasteiger charge is 2.43. The zero-order valence-corrected chi connectivity index (χ0v) is 19.2. The van der Waals surface area contributed by atoms with Gasteiger partial charge in [-0.1, -0.05) is 58.7 Å². The summed E-state index contributed by atoms with van der Waals surface area (Å²) < 4.78 is 6.78. The molecule has 0 aromatic heterocycles. The van der Waals surface area contributed by atoms with Crippen molar-refractivity contribution in [3.8, 4) is 0 Å². The fraction of sp³-hybridized carbons (Fsp3) is 0.900. The summed E-state index contributed by atoms with van der Waals surface area (Å²) in [6, 6.07) is 4.24. The lowest BCUT2D eigenvalue weighted by Crippen LogP contribution is -2.43. The van der Waals surface area contributed by atoms with Crippen molar-refractivity contribution in [1.82, 2.24) is 0 Å². The molecule has 3 heteroatoms. The lowest BCUT2D eigenvalue weighted by atomic mass is 9.84. The van der Waals surface area contributed by atoms with Gasteiger partial charge in [0.1, 0.15) is 0 Å². The lowest BCUT2D eigenvalue weighted by Gasteiger charge is -2.45. The Labute approximate surface area is 148 Å². The summed E-state index contributed by atoms with van der Waals surface area (Å²) in [5.41, 5.74) is 2.41. The standard InChI is InChI=1S/C20H42OSi2/c1-9-13-14-18-15-16-19(23(10-2,11-3)12-4)20(17(18)5)21-22(6,7)8/h18-19H,9-16H2,1-8H3/t18-,19-/m0/s1. The average Bonchev–Trinajstić information content (AvgIpc) is 2.50. The first-order valence-electron chi connectivity index (χ1n) is 10.1. The molecule has 0 fully saturated rings. The van der Waals surface area contributed by atoms with Crippen LogP contribution in [0.2, 0.25) is 43.3 Å². The first-order valence-corrected chi connectivity index (χ1v) is 16.2. The second-order valence-electron chi connectivity index (χ2n) is 8.65. The van der Waals surface area contributed by atoms with E-state index in [0.29, 0.717) is 0 Å². The predicted molar refractivity (Wildman–Crippen MR) is 110 cm³/mol. The minimum atomic E-state index is -1.54. The van der Waals surface area contributed by atoms with Crippen LogP contribution in [-0.2, 0) is 4.43 Å². The molecule has 1 nitrogen and oxygen atoms in total. The summed E-state index contributed by atoms with van der Waals surface area (Å²) >= 11 is 0. The normalized spacial score (nSPS) is 23.3. The number of rotatable bonds is 9. The van der Waals surface area contributed by atoms with E-state index in [4.69, 9.17) is 4.43 Å². The molecule has 0 spiro atoms. The highest BCUT2D eigenvalue weighted by atomic mass is 28.4. The molecule has 0 N–H and O–H groups in total. The molecule has 0 amide bonds. The third kappa shape index (κ3) is 5.22. The Hall–Kier alpha value is -0.0262. The SMILES string of the molecule is CCCC[C@H]1CC[C@H]([Si](CC)(CC)CC)C(O[Si](C)(C)C)=C1C. The van der Waals surface area contributed by atoms with Gasteiger partial charge in [-0.3, -0.25) is 0 Å². The van der Waals surface area contributed by atoms with Crippen molar-refractivity contribution >= 4 is 16.4 Å². The zero-order valence-electron chi connectivity index (χ0n) is 17.2. The Balaban J connectivity index is 3.22. The summed E-state index contributed by atoms with van der Waals surface area (Å²) in [7, 11) is -2.78. The summed E-state index contributed by atoms with van der Waals surface area (Å²) in [6.45, 7) is 19.1. The molecular weight excluding hydrogens is 312 g/mol. The Morgan fingerprint density at radius 3 is 1.96 bits per heavy atom. The fourth-order valence-corrected chi connectivity index (χ4v) is 10.2. The van der Waals surface area contributed by atoms with Crippen molar-refractivity contribution in [1.29, 1.82) is 0 Å². The molecule has 0 aromatic carbocycles. The Kier molecular flexibility index (Phi) is 8.12. The molecule has 1 rings (SSSR count). The predicted octanol–water partition coefficient (Wildman–Crippen LogP) is 7.59. The molecule has 0 saturated heterocycles. The third-order valence-corrected chi connectivity index (χ3v) is 13.4. The molecule has 0 heterocycles. The van der Waals surface area contributed by atoms with Crippen LogP contribution < -0.4 is 0 Å². The van der Waals surface area contributed by atoms with Gasteiger partial charge in [0.05, 0.1) is 13.8 Å². The first kappa shape index (κ1) is 21.0. The maximum Gasteiger partial charge on any atom is 0.241 e. The molecule has 136 valence electrons. The van der Waals surface area contributed by atoms with Crippen LogP contribution >= 0.6 is 0 Å². The fourth-order valence-electron chi connectivity index (χ4n) is 4.56. The largest absolute Gasteiger partial charge is 0.547 e. The molecular formula is C20H42OSi2. The van der Waals surface area contributed by atoms with Gasteiger partial charge in [-0.05, 0) is 57.3 Å². The van der Waals surface area contributed by atoms with Gasteiger partial charge in [0.25, 0.3) is 0 Å². The minimum Gasteiger partial charge on any atom is -0.547 e. The van der Waals surface area contributed by atoms with Crippen LogP contribution in [0.25, 0.3) is 0 Å². The summed E-state index contributed by atoms with van der Waals surface area (Å²) in [4.78, 5) is 0. The maximum atomic E-state index is 6.78. The Morgan fingerprint density at radius 2 is 1.52 bits per heavy atom. The Bertz CT molecular complexity index is 383. The van der Waals surface area contributed by atoms with Gasteiger partial charge in [-0.2, -0.15) is 0 Å². The van der Waals surface area contributed by atoms with Crippen LogP contribution in [-0.4, -0.2) is 16.4 Å². The van der Waals surface area contributed by atoms with Crippen LogP contribution in [0.5, 0.6) is 0 Å². The lowest BCUT2D eigenvalue weighted by molar-refractivity contribution is 0.329. The summed E-state index contributed by atoms with van der Waals surface area (Å²) in [5.74, 6) is 2.27. The van der Waals surface area contributed by atoms with Crippen LogP contribution in [0, 0.1) is 5.92 Å². The number of hydrogen-bond acceptors (Lipinski definition) is 1. The van der Waals surface area contributed by atoms with E-state index >= 15 is 0 Å². The van der Waals surface area contributed by atoms with Crippen LogP contribution in [0.4, 0.5) is 0 Å². The molecule has 0 aromatic rings. The molecule has 23 heavy (non-hydrogen) atoms. The zero-order chi connectivity index (χ0) is 17.7. The molecule has 0 unspecified atom stereocenters. The van der Waals surface area contributed by atoms with Crippen LogP contribution in [0.3, 0.4) is 0 Å². The number of unbranched alkanes of at least 4 members (excludes halogenated alkanes) is 1. The van der Waals surface area contributed by atoms with Gasteiger partial charge in [-0.25, -0.2) is 0 Å². The highest BCUT2D eigenvalue weighted by molar-refractivity contribution is 6.81. The van der Waals surface area contributed by atoms with Crippen molar-refractivity contribution in [2.75, 3.05) is 0 Å². The summed E-state index contributed by atoms with van der Waals surface area (Å²) in [5, 5.41) is 0. The number of allylic oxidation sites excluding steroid dienone is 2. The van der Waals surface area contributed by atoms with Gasteiger partial charge < -0.3 is 4.43 Å². The van der Waals surface area contributed by atoms with E-state index in [9.17, 15) is 0 Å². The van der Waals surface area contributed by atoms with E-state index in [1.165, 1.54) is 56.0 Å². The van der Waals surface area contributed by atoms with Crippen molar-refractivity contribution in [3.63, 3.8) is 0 Å². The van der Waals surface area contributed by atoms with Gasteiger partial charge in [0.2, 0.25) is 8.32 Å². The molecule has 0 bridgehead atoms. The smallest absolute Gasteiger partial charge is 0.241 e. The number of hydrogen-bond donors (Lipinski definition) is 0. The molecule has 0 radical (unpaired) electrons. The van der Waals surface area contributed by atoms with Gasteiger partial charge in [-0.15, -0.1) is 0 Å². The molecule has 2 atom stereocenters. The van der Waals surface area contributed by atoms with Crippen molar-refractivity contribution in [2.45, 2.75) is 110 Å². The second-order valence-corrected chi connectivity index (χ2v) is 18.6. The second kappa shape index (κ2) is 8.89. The van der Waals surface area contributed by atoms with Crippen molar-refractivity contribution < 1.29 is 4.43 Å². The monoisotopic (exact) mass is 354 g/mol. The van der Waals surface area contributed by atoms with Gasteiger partial charge in [0, 0.05) is 5.54 Å². The van der Waals surface area contributed by atoms with Gasteiger partial charge in [0.15, 0.2) is 0 Å². The highest BCUT2D eigenvalue weighted by Crippen LogP contribution is 2.49. The van der Waals surface area contributed by atoms with Crippen LogP contribution in [0.1, 0.15) is 66.7 Å². The van der Waals surface area contributed by atoms with E-state index in [0.717, 1.165) is 11.5 Å². The maximum absolute atomic E-state index is 6.78. The molecule has 1 aliphatic rings. The first-order chi connectivity index (χ1) is 10.7. The molecule has 1 aliphatic carbocycles. The topological polar surface area (TPSA) is 9.23 Å². The van der Waals surface area contributed by atoms with E-state index in [2.05, 4.69) is 54.3 Å². The Morgan fingerprint density at radius 1 is 0.957 bits per heavy atom. The van der Waals surface area contributed by atoms with E-state index in [-0.39, 0.29) is 0 Å². The van der Waals surface area contributed by atoms with E-state index in [1.54, 1.807) is 5.57 Å². The molecule has 0 saturated carbocycles. The van der Waals surface area contributed by atoms with Gasteiger partial charge >= 0.3 is 0 Å². The minimum absolute atomic E-state index is 0.784. The average molecular weight is 355 g/mol. The summed E-state index contributed by atoms with van der Waals surface area (Å²) in [6.07, 6.45) is 6.85. The van der Waals surface area contributed by atoms with Crippen molar-refractivity contribution in [3.05, 3.63) is 11.3 Å². The van der Waals surface area contributed by atoms with E-state index < -0.39 is 16.4 Å². The van der Waals surface area contributed by atoms with Crippen LogP contribution in [0.15, 0.2) is 11.3 Å². The van der Waals surface area contributed by atoms with E-state index in [1.807, 2.05) is 0 Å². The third-order valence-electron chi connectivity index (χ3n) is 6.30.